The smallest absolute Gasteiger partial charge is 0.133 e. The minimum atomic E-state index is 0.356. The summed E-state index contributed by atoms with van der Waals surface area (Å²) in [7, 11) is 3.24. The van der Waals surface area contributed by atoms with Crippen LogP contribution in [0.3, 0.4) is 0 Å². The van der Waals surface area contributed by atoms with Crippen LogP contribution in [0.4, 0.5) is 11.5 Å². The molecule has 0 atom stereocenters. The van der Waals surface area contributed by atoms with E-state index in [9.17, 15) is 0 Å². The third kappa shape index (κ3) is 3.45. The first-order chi connectivity index (χ1) is 9.62. The molecule has 2 rings (SSSR count). The molecule has 5 nitrogen and oxygen atoms in total. The number of nitrogens with zero attached hydrogens (tertiary/aromatic N) is 1. The number of aromatic nitrogens is 1. The van der Waals surface area contributed by atoms with E-state index in [0.29, 0.717) is 23.2 Å². The van der Waals surface area contributed by atoms with E-state index in [2.05, 4.69) is 10.3 Å². The first-order valence-corrected chi connectivity index (χ1v) is 6.38. The molecular formula is C14H16ClN3O2. The summed E-state index contributed by atoms with van der Waals surface area (Å²) in [5.41, 5.74) is 7.26. The van der Waals surface area contributed by atoms with E-state index in [1.807, 2.05) is 18.2 Å². The maximum atomic E-state index is 5.86. The third-order valence-electron chi connectivity index (χ3n) is 2.77. The molecule has 1 heterocycles. The normalized spacial score (nSPS) is 10.2. The molecule has 20 heavy (non-hydrogen) atoms. The first-order valence-electron chi connectivity index (χ1n) is 6.00. The highest BCUT2D eigenvalue weighted by molar-refractivity contribution is 6.29. The lowest BCUT2D eigenvalue weighted by atomic mass is 10.2. The number of anilines is 2. The van der Waals surface area contributed by atoms with Crippen molar-refractivity contribution in [1.29, 1.82) is 0 Å². The molecule has 0 saturated heterocycles. The molecule has 0 amide bonds. The van der Waals surface area contributed by atoms with Crippen molar-refractivity contribution in [3.8, 4) is 11.5 Å². The van der Waals surface area contributed by atoms with Gasteiger partial charge in [0.25, 0.3) is 0 Å². The fraction of sp³-hybridized carbons (Fsp3) is 0.214. The quantitative estimate of drug-likeness (QED) is 0.830. The molecule has 0 bridgehead atoms. The molecule has 0 unspecified atom stereocenters. The van der Waals surface area contributed by atoms with Crippen LogP contribution in [0.5, 0.6) is 11.5 Å². The third-order valence-corrected chi connectivity index (χ3v) is 2.96. The average Bonchev–Trinajstić information content (AvgIpc) is 2.44. The van der Waals surface area contributed by atoms with E-state index in [4.69, 9.17) is 26.8 Å². The van der Waals surface area contributed by atoms with Gasteiger partial charge in [0, 0.05) is 29.9 Å². The summed E-state index contributed by atoms with van der Waals surface area (Å²) in [4.78, 5) is 4.15. The monoisotopic (exact) mass is 293 g/mol. The van der Waals surface area contributed by atoms with Crippen molar-refractivity contribution in [1.82, 2.24) is 4.98 Å². The van der Waals surface area contributed by atoms with Gasteiger partial charge in [0.05, 0.1) is 14.2 Å². The number of hydrogen-bond acceptors (Lipinski definition) is 5. The lowest BCUT2D eigenvalue weighted by Crippen LogP contribution is -2.04. The highest BCUT2D eigenvalue weighted by Gasteiger charge is 2.06. The van der Waals surface area contributed by atoms with Crippen LogP contribution in [0.25, 0.3) is 0 Å². The van der Waals surface area contributed by atoms with Crippen molar-refractivity contribution in [3.63, 3.8) is 0 Å². The van der Waals surface area contributed by atoms with Crippen LogP contribution in [0.15, 0.2) is 30.3 Å². The van der Waals surface area contributed by atoms with E-state index in [1.165, 1.54) is 0 Å². The Hall–Kier alpha value is -2.14. The van der Waals surface area contributed by atoms with Crippen LogP contribution >= 0.6 is 11.6 Å². The number of nitrogens with one attached hydrogen (secondary N) is 1. The predicted octanol–water partition coefficient (Wildman–Crippen LogP) is 2.95. The Balaban J connectivity index is 2.14. The lowest BCUT2D eigenvalue weighted by Gasteiger charge is -2.12. The van der Waals surface area contributed by atoms with Crippen molar-refractivity contribution in [2.75, 3.05) is 25.3 Å². The van der Waals surface area contributed by atoms with Crippen LogP contribution in [0, 0.1) is 0 Å². The number of methoxy groups -OCH3 is 2. The van der Waals surface area contributed by atoms with Crippen LogP contribution in [-0.4, -0.2) is 19.2 Å². The van der Waals surface area contributed by atoms with E-state index >= 15 is 0 Å². The number of halogens is 1. The maximum absolute atomic E-state index is 5.86. The summed E-state index contributed by atoms with van der Waals surface area (Å²) < 4.78 is 10.5. The van der Waals surface area contributed by atoms with Gasteiger partial charge in [0.1, 0.15) is 22.5 Å². The fourth-order valence-electron chi connectivity index (χ4n) is 1.79. The van der Waals surface area contributed by atoms with Gasteiger partial charge in [-0.25, -0.2) is 4.98 Å². The second-order valence-electron chi connectivity index (χ2n) is 4.14. The number of hydrogen-bond donors (Lipinski definition) is 2. The van der Waals surface area contributed by atoms with E-state index in [-0.39, 0.29) is 0 Å². The molecule has 0 spiro atoms. The minimum absolute atomic E-state index is 0.356. The second-order valence-corrected chi connectivity index (χ2v) is 4.53. The van der Waals surface area contributed by atoms with Gasteiger partial charge in [-0.2, -0.15) is 0 Å². The predicted molar refractivity (Wildman–Crippen MR) is 80.5 cm³/mol. The van der Waals surface area contributed by atoms with Gasteiger partial charge in [-0.05, 0) is 18.2 Å². The molecule has 0 saturated carbocycles. The van der Waals surface area contributed by atoms with Gasteiger partial charge in [-0.1, -0.05) is 11.6 Å². The summed E-state index contributed by atoms with van der Waals surface area (Å²) in [6.07, 6.45) is 0. The largest absolute Gasteiger partial charge is 0.497 e. The summed E-state index contributed by atoms with van der Waals surface area (Å²) in [6, 6.07) is 8.96. The Labute approximate surface area is 122 Å². The molecule has 1 aromatic carbocycles. The molecule has 2 aromatic rings. The zero-order valence-corrected chi connectivity index (χ0v) is 12.1. The van der Waals surface area contributed by atoms with Crippen LogP contribution < -0.4 is 20.5 Å². The molecule has 3 N–H and O–H groups in total. The summed E-state index contributed by atoms with van der Waals surface area (Å²) in [5.74, 6) is 2.11. The van der Waals surface area contributed by atoms with Crippen LogP contribution in [0.1, 0.15) is 5.56 Å². The van der Waals surface area contributed by atoms with Gasteiger partial charge in [0.2, 0.25) is 0 Å². The standard InChI is InChI=1S/C14H16ClN3O2/c1-19-11-4-3-9(12(7-11)20-2)8-17-14-6-10(16)5-13(15)18-14/h3-7H,8H2,1-2H3,(H3,16,17,18). The Bertz CT molecular complexity index is 585. The molecule has 1 aromatic heterocycles. The Kier molecular flexibility index (Phi) is 4.53. The number of ether oxygens (including phenoxy) is 2. The van der Waals surface area contributed by atoms with Crippen molar-refractivity contribution >= 4 is 23.1 Å². The highest BCUT2D eigenvalue weighted by Crippen LogP contribution is 2.25. The molecule has 106 valence electrons. The minimum Gasteiger partial charge on any atom is -0.497 e. The average molecular weight is 294 g/mol. The number of nitrogen functional groups attached to an aromatic ring is 1. The molecule has 6 heteroatoms. The molecule has 0 radical (unpaired) electrons. The fourth-order valence-corrected chi connectivity index (χ4v) is 2.01. The topological polar surface area (TPSA) is 69.4 Å². The lowest BCUT2D eigenvalue weighted by molar-refractivity contribution is 0.391. The number of rotatable bonds is 5. The van der Waals surface area contributed by atoms with E-state index in [1.54, 1.807) is 26.4 Å². The van der Waals surface area contributed by atoms with Gasteiger partial charge in [-0.3, -0.25) is 0 Å². The second kappa shape index (κ2) is 6.34. The van der Waals surface area contributed by atoms with Crippen molar-refractivity contribution < 1.29 is 9.47 Å². The van der Waals surface area contributed by atoms with Gasteiger partial charge < -0.3 is 20.5 Å². The summed E-state index contributed by atoms with van der Waals surface area (Å²) in [6.45, 7) is 0.542. The SMILES string of the molecule is COc1ccc(CNc2cc(N)cc(Cl)n2)c(OC)c1. The molecule has 0 fully saturated rings. The van der Waals surface area contributed by atoms with Crippen LogP contribution in [0.2, 0.25) is 5.15 Å². The zero-order valence-electron chi connectivity index (χ0n) is 11.3. The van der Waals surface area contributed by atoms with Gasteiger partial charge in [0.15, 0.2) is 0 Å². The number of pyridine rings is 1. The van der Waals surface area contributed by atoms with Crippen molar-refractivity contribution in [2.24, 2.45) is 0 Å². The van der Waals surface area contributed by atoms with Crippen molar-refractivity contribution in [3.05, 3.63) is 41.0 Å². The number of nitrogens with two attached hydrogens (primary N) is 1. The van der Waals surface area contributed by atoms with E-state index in [0.717, 1.165) is 17.1 Å². The molecular weight excluding hydrogens is 278 g/mol. The molecule has 0 aliphatic rings. The summed E-state index contributed by atoms with van der Waals surface area (Å²) >= 11 is 5.86. The first kappa shape index (κ1) is 14.3. The Morgan fingerprint density at radius 1 is 1.20 bits per heavy atom. The van der Waals surface area contributed by atoms with Gasteiger partial charge in [-0.15, -0.1) is 0 Å². The van der Waals surface area contributed by atoms with E-state index < -0.39 is 0 Å². The number of benzene rings is 1. The molecule has 0 aliphatic heterocycles. The zero-order chi connectivity index (χ0) is 14.5. The summed E-state index contributed by atoms with van der Waals surface area (Å²) in [5, 5.41) is 3.51. The highest BCUT2D eigenvalue weighted by atomic mass is 35.5. The Morgan fingerprint density at radius 3 is 2.65 bits per heavy atom. The van der Waals surface area contributed by atoms with Gasteiger partial charge >= 0.3 is 0 Å². The Morgan fingerprint density at radius 2 is 2.00 bits per heavy atom. The van der Waals surface area contributed by atoms with Crippen LogP contribution in [-0.2, 0) is 6.54 Å². The van der Waals surface area contributed by atoms with Crippen molar-refractivity contribution in [2.45, 2.75) is 6.54 Å². The molecule has 0 aliphatic carbocycles. The maximum Gasteiger partial charge on any atom is 0.133 e.